The van der Waals surface area contributed by atoms with Crippen molar-refractivity contribution in [3.63, 3.8) is 0 Å². The lowest BCUT2D eigenvalue weighted by molar-refractivity contribution is -0.113. The first-order valence-electron chi connectivity index (χ1n) is 9.49. The molecule has 6 heteroatoms. The van der Waals surface area contributed by atoms with E-state index in [-0.39, 0.29) is 16.9 Å². The Morgan fingerprint density at radius 3 is 2.10 bits per heavy atom. The number of carbonyl (C=O) groups is 2. The summed E-state index contributed by atoms with van der Waals surface area (Å²) in [6, 6.07) is 10.5. The van der Waals surface area contributed by atoms with E-state index in [1.54, 1.807) is 54.8 Å². The van der Waals surface area contributed by atoms with Crippen LogP contribution in [0.5, 0.6) is 0 Å². The third-order valence-corrected chi connectivity index (χ3v) is 4.67. The summed E-state index contributed by atoms with van der Waals surface area (Å²) in [7, 11) is 0. The number of nitrogens with zero attached hydrogens (tertiary/aromatic N) is 1. The van der Waals surface area contributed by atoms with Crippen molar-refractivity contribution in [2.75, 3.05) is 0 Å². The Balaban J connectivity index is 1.98. The largest absolute Gasteiger partial charge is 0.465 e. The van der Waals surface area contributed by atoms with Crippen molar-refractivity contribution in [1.29, 1.82) is 0 Å². The Morgan fingerprint density at radius 2 is 1.57 bits per heavy atom. The van der Waals surface area contributed by atoms with Crippen molar-refractivity contribution in [2.45, 2.75) is 26.3 Å². The molecule has 3 aromatic rings. The van der Waals surface area contributed by atoms with Gasteiger partial charge in [0.2, 0.25) is 5.78 Å². The van der Waals surface area contributed by atoms with Gasteiger partial charge in [0.1, 0.15) is 11.5 Å². The van der Waals surface area contributed by atoms with Crippen molar-refractivity contribution in [2.24, 2.45) is 0 Å². The summed E-state index contributed by atoms with van der Waals surface area (Å²) in [5, 5.41) is 0. The van der Waals surface area contributed by atoms with E-state index in [0.717, 1.165) is 0 Å². The minimum atomic E-state index is -0.489. The highest BCUT2D eigenvalue weighted by Crippen LogP contribution is 2.44. The minimum absolute atomic E-state index is 0.207. The van der Waals surface area contributed by atoms with Crippen LogP contribution in [0.2, 0.25) is 0 Å². The van der Waals surface area contributed by atoms with E-state index in [9.17, 15) is 9.59 Å². The van der Waals surface area contributed by atoms with Gasteiger partial charge in [-0.2, -0.15) is 0 Å². The second kappa shape index (κ2) is 7.55. The standard InChI is InChI=1S/C24H21NO5/c1-24(2,3)25-19(14-18-8-5-11-29-18)23(27)21(22(25)20-9-6-12-30-20)16(15-26)13-17-7-4-10-28-17/h4-15H,1-3H3/b16-13-,19-14+. The molecule has 0 aromatic carbocycles. The molecular weight excluding hydrogens is 382 g/mol. The van der Waals surface area contributed by atoms with E-state index in [2.05, 4.69) is 0 Å². The number of furan rings is 3. The van der Waals surface area contributed by atoms with Crippen LogP contribution in [0.3, 0.4) is 0 Å². The zero-order chi connectivity index (χ0) is 21.3. The third-order valence-electron chi connectivity index (χ3n) is 4.67. The Kier molecular flexibility index (Phi) is 4.91. The molecule has 0 amide bonds. The van der Waals surface area contributed by atoms with Crippen LogP contribution >= 0.6 is 0 Å². The SMILES string of the molecule is CC(C)(C)N1C(c2ccco2)=C(/C(C=O)=C\c2ccco2)C(=O)/C1=C\c1ccco1. The van der Waals surface area contributed by atoms with E-state index < -0.39 is 5.54 Å². The van der Waals surface area contributed by atoms with Crippen molar-refractivity contribution in [3.05, 3.63) is 89.3 Å². The molecule has 30 heavy (non-hydrogen) atoms. The van der Waals surface area contributed by atoms with E-state index in [1.807, 2.05) is 25.7 Å². The molecule has 1 aliphatic rings. The number of hydrogen-bond acceptors (Lipinski definition) is 6. The fourth-order valence-corrected chi connectivity index (χ4v) is 3.51. The zero-order valence-corrected chi connectivity index (χ0v) is 16.9. The summed E-state index contributed by atoms with van der Waals surface area (Å²) in [5.41, 5.74) is 0.894. The Labute approximate surface area is 173 Å². The van der Waals surface area contributed by atoms with Gasteiger partial charge < -0.3 is 18.2 Å². The molecule has 1 aliphatic heterocycles. The number of allylic oxidation sites excluding steroid dienone is 2. The summed E-state index contributed by atoms with van der Waals surface area (Å²) in [6.45, 7) is 5.96. The van der Waals surface area contributed by atoms with E-state index >= 15 is 0 Å². The molecule has 0 bridgehead atoms. The molecule has 0 fully saturated rings. The topological polar surface area (TPSA) is 76.8 Å². The second-order valence-corrected chi connectivity index (χ2v) is 7.81. The summed E-state index contributed by atoms with van der Waals surface area (Å²) in [6.07, 6.45) is 8.49. The molecule has 3 aromatic heterocycles. The smallest absolute Gasteiger partial charge is 0.212 e. The van der Waals surface area contributed by atoms with Crippen LogP contribution in [-0.4, -0.2) is 22.5 Å². The lowest BCUT2D eigenvalue weighted by Crippen LogP contribution is -2.38. The van der Waals surface area contributed by atoms with Gasteiger partial charge in [0.05, 0.1) is 35.8 Å². The number of rotatable bonds is 5. The quantitative estimate of drug-likeness (QED) is 0.431. The molecule has 4 rings (SSSR count). The number of carbonyl (C=O) groups excluding carboxylic acids is 2. The monoisotopic (exact) mass is 403 g/mol. The van der Waals surface area contributed by atoms with Crippen LogP contribution in [-0.2, 0) is 9.59 Å². The van der Waals surface area contributed by atoms with Crippen molar-refractivity contribution in [1.82, 2.24) is 4.90 Å². The Hall–Kier alpha value is -3.80. The van der Waals surface area contributed by atoms with Gasteiger partial charge in [-0.25, -0.2) is 0 Å². The van der Waals surface area contributed by atoms with Gasteiger partial charge in [-0.1, -0.05) is 0 Å². The van der Waals surface area contributed by atoms with E-state index in [4.69, 9.17) is 13.3 Å². The van der Waals surface area contributed by atoms with Gasteiger partial charge in [0.15, 0.2) is 12.0 Å². The summed E-state index contributed by atoms with van der Waals surface area (Å²) in [5.74, 6) is 1.21. The van der Waals surface area contributed by atoms with Crippen LogP contribution < -0.4 is 0 Å². The number of ketones is 1. The molecule has 0 spiro atoms. The molecule has 4 heterocycles. The van der Waals surface area contributed by atoms with Gasteiger partial charge in [-0.05, 0) is 63.2 Å². The fraction of sp³-hybridized carbons (Fsp3) is 0.167. The van der Waals surface area contributed by atoms with Crippen molar-refractivity contribution in [3.8, 4) is 0 Å². The Morgan fingerprint density at radius 1 is 0.933 bits per heavy atom. The maximum Gasteiger partial charge on any atom is 0.212 e. The molecule has 0 radical (unpaired) electrons. The first-order valence-corrected chi connectivity index (χ1v) is 9.49. The van der Waals surface area contributed by atoms with Crippen LogP contribution in [0.4, 0.5) is 0 Å². The summed E-state index contributed by atoms with van der Waals surface area (Å²) in [4.78, 5) is 27.6. The van der Waals surface area contributed by atoms with Gasteiger partial charge in [-0.15, -0.1) is 0 Å². The Bertz CT molecular complexity index is 1140. The van der Waals surface area contributed by atoms with Crippen LogP contribution in [0.25, 0.3) is 17.8 Å². The molecule has 0 saturated carbocycles. The number of Topliss-reactive ketones (excluding diaryl/α,β-unsaturated/α-hetero) is 1. The summed E-state index contributed by atoms with van der Waals surface area (Å²) < 4.78 is 16.5. The maximum atomic E-state index is 13.6. The fourth-order valence-electron chi connectivity index (χ4n) is 3.51. The second-order valence-electron chi connectivity index (χ2n) is 7.81. The maximum absolute atomic E-state index is 13.6. The van der Waals surface area contributed by atoms with Crippen molar-refractivity contribution < 1.29 is 22.8 Å². The highest BCUT2D eigenvalue weighted by molar-refractivity contribution is 6.25. The highest BCUT2D eigenvalue weighted by Gasteiger charge is 2.43. The first kappa shape index (κ1) is 19.5. The highest BCUT2D eigenvalue weighted by atomic mass is 16.3. The predicted molar refractivity (Wildman–Crippen MR) is 112 cm³/mol. The van der Waals surface area contributed by atoms with Crippen LogP contribution in [0, 0.1) is 0 Å². The normalized spacial score (nSPS) is 16.8. The number of aldehydes is 1. The first-order chi connectivity index (χ1) is 14.4. The molecule has 152 valence electrons. The predicted octanol–water partition coefficient (Wildman–Crippen LogP) is 5.18. The van der Waals surface area contributed by atoms with Gasteiger partial charge in [0, 0.05) is 17.2 Å². The minimum Gasteiger partial charge on any atom is -0.465 e. The van der Waals surface area contributed by atoms with Gasteiger partial charge >= 0.3 is 0 Å². The third kappa shape index (κ3) is 3.48. The lowest BCUT2D eigenvalue weighted by atomic mass is 10.00. The van der Waals surface area contributed by atoms with E-state index in [0.29, 0.717) is 35.0 Å². The molecular formula is C24H21NO5. The van der Waals surface area contributed by atoms with Crippen LogP contribution in [0.15, 0.2) is 85.3 Å². The van der Waals surface area contributed by atoms with E-state index in [1.165, 1.54) is 12.5 Å². The van der Waals surface area contributed by atoms with Gasteiger partial charge in [0.25, 0.3) is 0 Å². The molecule has 0 aliphatic carbocycles. The molecule has 0 saturated heterocycles. The van der Waals surface area contributed by atoms with Crippen LogP contribution in [0.1, 0.15) is 38.1 Å². The zero-order valence-electron chi connectivity index (χ0n) is 16.9. The molecule has 0 unspecified atom stereocenters. The van der Waals surface area contributed by atoms with Gasteiger partial charge in [-0.3, -0.25) is 9.59 Å². The average molecular weight is 403 g/mol. The molecule has 6 nitrogen and oxygen atoms in total. The van der Waals surface area contributed by atoms with Crippen molar-refractivity contribution >= 4 is 29.9 Å². The lowest BCUT2D eigenvalue weighted by Gasteiger charge is -2.36. The summed E-state index contributed by atoms with van der Waals surface area (Å²) >= 11 is 0. The average Bonchev–Trinajstić information content (AvgIpc) is 3.49. The molecule has 0 atom stereocenters. The number of hydrogen-bond donors (Lipinski definition) is 0. The molecule has 0 N–H and O–H groups in total.